The second-order valence-electron chi connectivity index (χ2n) is 10.9. The number of fused-ring (bicyclic) bond motifs is 1. The predicted octanol–water partition coefficient (Wildman–Crippen LogP) is 2.70. The molecule has 2 aliphatic rings. The van der Waals surface area contributed by atoms with Gasteiger partial charge in [-0.3, -0.25) is 14.6 Å². The molecular weight excluding hydrogens is 527 g/mol. The molecule has 216 valence electrons. The second-order valence-corrected chi connectivity index (χ2v) is 10.9. The molecule has 2 aliphatic heterocycles. The quantitative estimate of drug-likeness (QED) is 0.295. The van der Waals surface area contributed by atoms with E-state index >= 15 is 0 Å². The second kappa shape index (κ2) is 11.7. The summed E-state index contributed by atoms with van der Waals surface area (Å²) in [6.45, 7) is 6.69. The van der Waals surface area contributed by atoms with Crippen LogP contribution >= 0.6 is 0 Å². The van der Waals surface area contributed by atoms with E-state index in [9.17, 15) is 14.0 Å². The third-order valence-corrected chi connectivity index (χ3v) is 7.41. The first-order chi connectivity index (χ1) is 19.6. The summed E-state index contributed by atoms with van der Waals surface area (Å²) in [6.07, 6.45) is 3.51. The van der Waals surface area contributed by atoms with E-state index in [1.165, 1.54) is 12.3 Å². The number of nitrogens with one attached hydrogen (secondary N) is 2. The van der Waals surface area contributed by atoms with Crippen LogP contribution in [-0.2, 0) is 4.79 Å². The van der Waals surface area contributed by atoms with Gasteiger partial charge in [0.05, 0.1) is 23.4 Å². The lowest BCUT2D eigenvalue weighted by molar-refractivity contribution is -0.126. The van der Waals surface area contributed by atoms with Crippen molar-refractivity contribution in [3.8, 4) is 6.01 Å². The van der Waals surface area contributed by atoms with Crippen LogP contribution in [0.25, 0.3) is 10.9 Å². The summed E-state index contributed by atoms with van der Waals surface area (Å²) in [5.74, 6) is -1.02. The Morgan fingerprint density at radius 1 is 1.27 bits per heavy atom. The molecule has 2 aromatic carbocycles. The van der Waals surface area contributed by atoms with Gasteiger partial charge in [0, 0.05) is 92.9 Å². The van der Waals surface area contributed by atoms with Crippen LogP contribution in [0.1, 0.15) is 36.2 Å². The van der Waals surface area contributed by atoms with E-state index in [1.54, 1.807) is 37.3 Å². The first-order valence-electron chi connectivity index (χ1n) is 13.6. The van der Waals surface area contributed by atoms with Crippen molar-refractivity contribution in [2.45, 2.75) is 32.4 Å². The summed E-state index contributed by atoms with van der Waals surface area (Å²) in [5.41, 5.74) is 7.98. The molecule has 0 aliphatic carbocycles. The minimum atomic E-state index is -0.658. The molecule has 0 radical (unpaired) electrons. The molecular formula is C29H35FN8O3. The fourth-order valence-electron chi connectivity index (χ4n) is 5.56. The zero-order valence-corrected chi connectivity index (χ0v) is 23.6. The van der Waals surface area contributed by atoms with Gasteiger partial charge in [0.2, 0.25) is 5.91 Å². The van der Waals surface area contributed by atoms with Gasteiger partial charge < -0.3 is 30.9 Å². The Morgan fingerprint density at radius 2 is 2.02 bits per heavy atom. The van der Waals surface area contributed by atoms with Crippen molar-refractivity contribution < 1.29 is 18.7 Å². The fraction of sp³-hybridized carbons (Fsp3) is 0.414. The Balaban J connectivity index is 1.50. The molecule has 0 saturated carbocycles. The summed E-state index contributed by atoms with van der Waals surface area (Å²) in [6, 6.07) is 7.00. The van der Waals surface area contributed by atoms with Gasteiger partial charge >= 0.3 is 6.01 Å². The molecule has 1 aromatic heterocycles. The minimum absolute atomic E-state index is 0.0333. The van der Waals surface area contributed by atoms with Crippen LogP contribution in [0.5, 0.6) is 6.01 Å². The van der Waals surface area contributed by atoms with Crippen LogP contribution in [0.15, 0.2) is 35.5 Å². The highest BCUT2D eigenvalue weighted by Gasteiger charge is 2.28. The fourth-order valence-corrected chi connectivity index (χ4v) is 5.56. The SMILES string of the molecule is CN=Cc1cc(NC(=O)c2ccc(N3CC(C)N[C@@H](C)C3)c3cnc(OCC4CC(=O)N(C)C4)nc23)cc(F)c1N. The zero-order chi connectivity index (χ0) is 29.3. The Hall–Kier alpha value is -4.32. The van der Waals surface area contributed by atoms with Crippen LogP contribution < -0.4 is 26.0 Å². The number of carbonyl (C=O) groups excluding carboxylic acids is 2. The smallest absolute Gasteiger partial charge is 0.316 e. The van der Waals surface area contributed by atoms with Gasteiger partial charge in [0.15, 0.2) is 0 Å². The number of rotatable bonds is 7. The average molecular weight is 563 g/mol. The van der Waals surface area contributed by atoms with Gasteiger partial charge in [-0.15, -0.1) is 0 Å². The Kier molecular flexibility index (Phi) is 8.02. The van der Waals surface area contributed by atoms with Gasteiger partial charge in [-0.2, -0.15) is 4.98 Å². The Labute approximate surface area is 238 Å². The van der Waals surface area contributed by atoms with Crippen molar-refractivity contribution in [3.63, 3.8) is 0 Å². The van der Waals surface area contributed by atoms with Crippen LogP contribution in [0.3, 0.4) is 0 Å². The maximum atomic E-state index is 14.5. The molecule has 11 nitrogen and oxygen atoms in total. The predicted molar refractivity (Wildman–Crippen MR) is 157 cm³/mol. The number of aliphatic imine (C=N–C) groups is 1. The minimum Gasteiger partial charge on any atom is -0.463 e. The number of halogens is 1. The topological polar surface area (TPSA) is 138 Å². The van der Waals surface area contributed by atoms with Gasteiger partial charge in [0.1, 0.15) is 5.82 Å². The molecule has 3 aromatic rings. The molecule has 41 heavy (non-hydrogen) atoms. The monoisotopic (exact) mass is 562 g/mol. The van der Waals surface area contributed by atoms with Gasteiger partial charge in [-0.05, 0) is 38.1 Å². The number of amides is 2. The molecule has 12 heteroatoms. The lowest BCUT2D eigenvalue weighted by atomic mass is 10.0. The number of likely N-dealkylation sites (tertiary alicyclic amines) is 1. The molecule has 2 amide bonds. The van der Waals surface area contributed by atoms with Crippen molar-refractivity contribution in [3.05, 3.63) is 47.4 Å². The van der Waals surface area contributed by atoms with E-state index < -0.39 is 11.7 Å². The van der Waals surface area contributed by atoms with E-state index in [-0.39, 0.29) is 53.5 Å². The van der Waals surface area contributed by atoms with E-state index in [0.717, 1.165) is 18.8 Å². The highest BCUT2D eigenvalue weighted by Crippen LogP contribution is 2.31. The number of ether oxygens (including phenoxy) is 1. The number of carbonyl (C=O) groups is 2. The number of hydrogen-bond donors (Lipinski definition) is 3. The molecule has 5 rings (SSSR count). The van der Waals surface area contributed by atoms with Crippen molar-refractivity contribution in [1.82, 2.24) is 20.2 Å². The number of piperazine rings is 1. The standard InChI is InChI=1S/C29H35FN8O3/c1-16-12-38(13-17(2)34-16)24-6-5-21(28(40)35-20-8-19(10-32-3)26(31)23(30)9-20)27-22(24)11-33-29(36-27)41-15-18-7-25(39)37(4)14-18/h5-6,8-11,16-18,34H,7,12-15,31H2,1-4H3,(H,35,40)/t16-,17?,18?/m0/s1. The van der Waals surface area contributed by atoms with Crippen LogP contribution in [-0.4, -0.2) is 85.3 Å². The largest absolute Gasteiger partial charge is 0.463 e. The zero-order valence-electron chi connectivity index (χ0n) is 23.6. The molecule has 3 atom stereocenters. The van der Waals surface area contributed by atoms with Crippen molar-refractivity contribution in [2.24, 2.45) is 10.9 Å². The Morgan fingerprint density at radius 3 is 2.71 bits per heavy atom. The molecule has 2 saturated heterocycles. The van der Waals surface area contributed by atoms with Crippen molar-refractivity contribution in [2.75, 3.05) is 56.3 Å². The van der Waals surface area contributed by atoms with Crippen molar-refractivity contribution in [1.29, 1.82) is 0 Å². The number of nitrogens with zero attached hydrogens (tertiary/aromatic N) is 5. The summed E-state index contributed by atoms with van der Waals surface area (Å²) >= 11 is 0. The van der Waals surface area contributed by atoms with Crippen LogP contribution in [0.4, 0.5) is 21.5 Å². The van der Waals surface area contributed by atoms with E-state index in [1.807, 2.05) is 6.07 Å². The van der Waals surface area contributed by atoms with Gasteiger partial charge in [-0.1, -0.05) is 0 Å². The molecule has 2 unspecified atom stereocenters. The first kappa shape index (κ1) is 28.2. The lowest BCUT2D eigenvalue weighted by Crippen LogP contribution is -2.54. The number of nitrogens with two attached hydrogens (primary N) is 1. The number of aromatic nitrogens is 2. The number of nitrogen functional groups attached to an aromatic ring is 1. The molecule has 0 bridgehead atoms. The highest BCUT2D eigenvalue weighted by atomic mass is 19.1. The number of benzene rings is 2. The third-order valence-electron chi connectivity index (χ3n) is 7.41. The molecule has 2 fully saturated rings. The maximum absolute atomic E-state index is 14.5. The lowest BCUT2D eigenvalue weighted by Gasteiger charge is -2.38. The summed E-state index contributed by atoms with van der Waals surface area (Å²) < 4.78 is 20.4. The Bertz CT molecular complexity index is 1500. The van der Waals surface area contributed by atoms with Crippen LogP contribution in [0.2, 0.25) is 0 Å². The molecule has 3 heterocycles. The van der Waals surface area contributed by atoms with E-state index in [2.05, 4.69) is 44.3 Å². The number of hydrogen-bond acceptors (Lipinski definition) is 9. The third kappa shape index (κ3) is 6.07. The highest BCUT2D eigenvalue weighted by molar-refractivity contribution is 6.14. The summed E-state index contributed by atoms with van der Waals surface area (Å²) in [7, 11) is 3.32. The van der Waals surface area contributed by atoms with Gasteiger partial charge in [-0.25, -0.2) is 9.37 Å². The number of anilines is 3. The maximum Gasteiger partial charge on any atom is 0.316 e. The summed E-state index contributed by atoms with van der Waals surface area (Å²) in [5, 5.41) is 7.00. The summed E-state index contributed by atoms with van der Waals surface area (Å²) in [4.78, 5) is 42.4. The van der Waals surface area contributed by atoms with E-state index in [0.29, 0.717) is 29.4 Å². The van der Waals surface area contributed by atoms with Crippen molar-refractivity contribution >= 4 is 46.0 Å². The van der Waals surface area contributed by atoms with Gasteiger partial charge in [0.25, 0.3) is 5.91 Å². The van der Waals surface area contributed by atoms with Crippen LogP contribution in [0, 0.1) is 11.7 Å². The average Bonchev–Trinajstić information content (AvgIpc) is 3.25. The molecule has 0 spiro atoms. The normalized spacial score (nSPS) is 21.2. The molecule has 4 N–H and O–H groups in total. The van der Waals surface area contributed by atoms with E-state index in [4.69, 9.17) is 10.5 Å². The first-order valence-corrected chi connectivity index (χ1v) is 13.6.